The van der Waals surface area contributed by atoms with Crippen LogP contribution >= 0.6 is 0 Å². The zero-order chi connectivity index (χ0) is 22.4. The number of hydrogen-bond donors (Lipinski definition) is 1. The number of ether oxygens (including phenoxy) is 1. The Morgan fingerprint density at radius 3 is 2.28 bits per heavy atom. The Labute approximate surface area is 181 Å². The zero-order valence-electron chi connectivity index (χ0n) is 16.8. The van der Waals surface area contributed by atoms with Gasteiger partial charge >= 0.3 is 5.63 Å². The summed E-state index contributed by atoms with van der Waals surface area (Å²) in [7, 11) is 1.45. The molecule has 32 heavy (non-hydrogen) atoms. The molecule has 0 atom stereocenters. The predicted octanol–water partition coefficient (Wildman–Crippen LogP) is 3.83. The molecule has 5 rings (SSSR count). The Balaban J connectivity index is 1.57. The number of nitrogens with one attached hydrogen (secondary N) is 1. The van der Waals surface area contributed by atoms with Crippen molar-refractivity contribution >= 4 is 34.1 Å². The summed E-state index contributed by atoms with van der Waals surface area (Å²) < 4.78 is 10.5. The van der Waals surface area contributed by atoms with Gasteiger partial charge in [0, 0.05) is 22.1 Å². The molecule has 1 amide bonds. The van der Waals surface area contributed by atoms with Crippen LogP contribution in [0.3, 0.4) is 0 Å². The number of ketones is 2. The second-order valence-electron chi connectivity index (χ2n) is 7.21. The van der Waals surface area contributed by atoms with Crippen LogP contribution in [0.2, 0.25) is 0 Å². The number of para-hydroxylation sites is 1. The number of methoxy groups -OCH3 is 1. The molecule has 0 radical (unpaired) electrons. The van der Waals surface area contributed by atoms with E-state index in [1.807, 2.05) is 0 Å². The first-order chi connectivity index (χ1) is 15.5. The summed E-state index contributed by atoms with van der Waals surface area (Å²) in [6.45, 7) is 0. The first-order valence-corrected chi connectivity index (χ1v) is 9.73. The Hall–Kier alpha value is -4.52. The molecular weight excluding hydrogens is 410 g/mol. The lowest BCUT2D eigenvalue weighted by Gasteiger charge is -2.20. The molecule has 7 nitrogen and oxygen atoms in total. The smallest absolute Gasteiger partial charge is 0.349 e. The summed E-state index contributed by atoms with van der Waals surface area (Å²) >= 11 is 0. The molecule has 4 aromatic rings. The molecule has 0 aliphatic heterocycles. The Morgan fingerprint density at radius 1 is 0.844 bits per heavy atom. The molecule has 156 valence electrons. The van der Waals surface area contributed by atoms with Gasteiger partial charge in [-0.05, 0) is 18.2 Å². The first kappa shape index (κ1) is 19.4. The molecule has 7 heteroatoms. The molecule has 1 heterocycles. The summed E-state index contributed by atoms with van der Waals surface area (Å²) in [5, 5.41) is 3.10. The van der Waals surface area contributed by atoms with Crippen LogP contribution in [0.5, 0.6) is 5.75 Å². The Bertz CT molecular complexity index is 1510. The number of benzene rings is 3. The van der Waals surface area contributed by atoms with Gasteiger partial charge in [-0.25, -0.2) is 4.79 Å². The highest BCUT2D eigenvalue weighted by Gasteiger charge is 2.32. The van der Waals surface area contributed by atoms with Crippen molar-refractivity contribution in [1.82, 2.24) is 0 Å². The van der Waals surface area contributed by atoms with Crippen molar-refractivity contribution in [2.75, 3.05) is 12.4 Å². The molecule has 0 unspecified atom stereocenters. The predicted molar refractivity (Wildman–Crippen MR) is 117 cm³/mol. The van der Waals surface area contributed by atoms with Gasteiger partial charge < -0.3 is 14.5 Å². The van der Waals surface area contributed by atoms with E-state index in [9.17, 15) is 19.2 Å². The largest absolute Gasteiger partial charge is 0.493 e. The molecule has 1 aliphatic rings. The average Bonchev–Trinajstić information content (AvgIpc) is 2.81. The molecule has 0 fully saturated rings. The minimum atomic E-state index is -0.850. The topological polar surface area (TPSA) is 103 Å². The first-order valence-electron chi connectivity index (χ1n) is 9.73. The molecule has 0 saturated carbocycles. The van der Waals surface area contributed by atoms with Crippen molar-refractivity contribution in [3.8, 4) is 5.75 Å². The highest BCUT2D eigenvalue weighted by Crippen LogP contribution is 2.32. The van der Waals surface area contributed by atoms with E-state index in [0.29, 0.717) is 16.7 Å². The summed E-state index contributed by atoms with van der Waals surface area (Å²) in [4.78, 5) is 51.4. The van der Waals surface area contributed by atoms with E-state index in [0.717, 1.165) is 0 Å². The Kier molecular flexibility index (Phi) is 4.44. The minimum Gasteiger partial charge on any atom is -0.493 e. The van der Waals surface area contributed by atoms with Gasteiger partial charge in [0.15, 0.2) is 22.9 Å². The lowest BCUT2D eigenvalue weighted by Crippen LogP contribution is -2.25. The second kappa shape index (κ2) is 7.31. The van der Waals surface area contributed by atoms with Gasteiger partial charge in [-0.1, -0.05) is 48.5 Å². The maximum atomic E-state index is 13.1. The monoisotopic (exact) mass is 425 g/mol. The van der Waals surface area contributed by atoms with E-state index >= 15 is 0 Å². The number of fused-ring (bicyclic) bond motifs is 3. The van der Waals surface area contributed by atoms with Crippen LogP contribution in [0.15, 0.2) is 75.9 Å². The van der Waals surface area contributed by atoms with Crippen LogP contribution in [-0.2, 0) is 0 Å². The highest BCUT2D eigenvalue weighted by atomic mass is 16.5. The molecule has 0 bridgehead atoms. The zero-order valence-corrected chi connectivity index (χ0v) is 16.8. The van der Waals surface area contributed by atoms with Crippen molar-refractivity contribution in [2.45, 2.75) is 0 Å². The summed E-state index contributed by atoms with van der Waals surface area (Å²) in [6.07, 6.45) is 0. The molecular formula is C25H15NO6. The summed E-state index contributed by atoms with van der Waals surface area (Å²) in [5.74, 6) is -1.06. The van der Waals surface area contributed by atoms with E-state index in [-0.39, 0.29) is 45.1 Å². The number of carbonyl (C=O) groups is 3. The molecule has 1 aromatic heterocycles. The van der Waals surface area contributed by atoms with Gasteiger partial charge in [0.05, 0.1) is 18.4 Å². The number of hydrogen-bond acceptors (Lipinski definition) is 6. The normalized spacial score (nSPS) is 12.3. The molecule has 0 saturated heterocycles. The standard InChI is InChI=1S/C25H15NO6/c1-31-19-11-4-6-13-12-17(25(30)32-23(13)19)24(29)26-18-10-5-9-16-20(18)22(28)15-8-3-2-7-14(15)21(16)27/h2-12H,1H3,(H,26,29). The van der Waals surface area contributed by atoms with Crippen LogP contribution in [0.25, 0.3) is 11.0 Å². The van der Waals surface area contributed by atoms with Gasteiger partial charge in [0.1, 0.15) is 5.56 Å². The van der Waals surface area contributed by atoms with Crippen molar-refractivity contribution in [1.29, 1.82) is 0 Å². The minimum absolute atomic E-state index is 0.0939. The van der Waals surface area contributed by atoms with Crippen molar-refractivity contribution in [3.63, 3.8) is 0 Å². The van der Waals surface area contributed by atoms with Crippen LogP contribution in [0, 0.1) is 0 Å². The average molecular weight is 425 g/mol. The van der Waals surface area contributed by atoms with E-state index in [4.69, 9.17) is 9.15 Å². The summed E-state index contributed by atoms with van der Waals surface area (Å²) in [5.41, 5.74) is 0.159. The Morgan fingerprint density at radius 2 is 1.53 bits per heavy atom. The molecule has 1 N–H and O–H groups in total. The maximum Gasteiger partial charge on any atom is 0.349 e. The van der Waals surface area contributed by atoms with Gasteiger partial charge in [0.2, 0.25) is 0 Å². The van der Waals surface area contributed by atoms with E-state index in [1.165, 1.54) is 25.3 Å². The third-order valence-electron chi connectivity index (χ3n) is 5.39. The number of anilines is 1. The lowest BCUT2D eigenvalue weighted by atomic mass is 9.83. The van der Waals surface area contributed by atoms with E-state index < -0.39 is 11.5 Å². The third kappa shape index (κ3) is 2.91. The van der Waals surface area contributed by atoms with Crippen LogP contribution in [0.4, 0.5) is 5.69 Å². The van der Waals surface area contributed by atoms with Crippen molar-refractivity contribution < 1.29 is 23.5 Å². The number of amides is 1. The van der Waals surface area contributed by atoms with Crippen molar-refractivity contribution in [3.05, 3.63) is 105 Å². The summed E-state index contributed by atoms with van der Waals surface area (Å²) in [6, 6.07) is 17.6. The number of carbonyl (C=O) groups excluding carboxylic acids is 3. The fourth-order valence-corrected chi connectivity index (χ4v) is 3.88. The van der Waals surface area contributed by atoms with Gasteiger partial charge in [-0.3, -0.25) is 14.4 Å². The maximum absolute atomic E-state index is 13.1. The second-order valence-corrected chi connectivity index (χ2v) is 7.21. The number of rotatable bonds is 3. The molecule has 1 aliphatic carbocycles. The van der Waals surface area contributed by atoms with Crippen LogP contribution in [0.1, 0.15) is 42.2 Å². The molecule has 0 spiro atoms. The third-order valence-corrected chi connectivity index (χ3v) is 5.39. The SMILES string of the molecule is COc1cccc2cc(C(=O)Nc3cccc4c3C(=O)c3ccccc3C4=O)c(=O)oc12. The fourth-order valence-electron chi connectivity index (χ4n) is 3.88. The molecule has 3 aromatic carbocycles. The van der Waals surface area contributed by atoms with E-state index in [1.54, 1.807) is 48.5 Å². The van der Waals surface area contributed by atoms with Gasteiger partial charge in [-0.15, -0.1) is 0 Å². The van der Waals surface area contributed by atoms with Gasteiger partial charge in [-0.2, -0.15) is 0 Å². The highest BCUT2D eigenvalue weighted by molar-refractivity contribution is 6.30. The van der Waals surface area contributed by atoms with E-state index in [2.05, 4.69) is 5.32 Å². The fraction of sp³-hybridized carbons (Fsp3) is 0.0400. The lowest BCUT2D eigenvalue weighted by molar-refractivity contribution is 0.0978. The quantitative estimate of drug-likeness (QED) is 0.441. The van der Waals surface area contributed by atoms with Crippen molar-refractivity contribution in [2.24, 2.45) is 0 Å². The van der Waals surface area contributed by atoms with Gasteiger partial charge in [0.25, 0.3) is 5.91 Å². The van der Waals surface area contributed by atoms with Crippen LogP contribution < -0.4 is 15.7 Å². The van der Waals surface area contributed by atoms with Crippen LogP contribution in [-0.4, -0.2) is 24.6 Å².